The van der Waals surface area contributed by atoms with Gasteiger partial charge in [-0.25, -0.2) is 4.68 Å². The minimum atomic E-state index is -0.174. The molecule has 1 atom stereocenters. The van der Waals surface area contributed by atoms with Crippen LogP contribution in [-0.4, -0.2) is 45.5 Å². The van der Waals surface area contributed by atoms with Gasteiger partial charge in [0.15, 0.2) is 5.69 Å². The van der Waals surface area contributed by atoms with Crippen LogP contribution in [0, 0.1) is 0 Å². The number of rotatable bonds is 5. The van der Waals surface area contributed by atoms with Gasteiger partial charge in [0.2, 0.25) is 0 Å². The molecule has 2 heterocycles. The molecular formula is C20H19ClN4O2. The number of fused-ring (bicyclic) bond motifs is 1. The maximum atomic E-state index is 12.7. The number of likely N-dealkylation sites (N-methyl/N-ethyl adjacent to an activating group) is 1. The standard InChI is InChI=1S/C20H19ClN4O2/c1-24(12-17-10-15-6-2-3-8-19(15)27-17)20(26)18-13-25(23-22-18)11-14-5-4-7-16(21)9-14/h2-9,13,17H,10-12H2,1H3/t17-/m0/s1. The Labute approximate surface area is 162 Å². The summed E-state index contributed by atoms with van der Waals surface area (Å²) in [6, 6.07) is 15.5. The van der Waals surface area contributed by atoms with Gasteiger partial charge in [-0.1, -0.05) is 47.1 Å². The maximum absolute atomic E-state index is 12.7. The van der Waals surface area contributed by atoms with Crippen molar-refractivity contribution < 1.29 is 9.53 Å². The fourth-order valence-corrected chi connectivity index (χ4v) is 3.45. The van der Waals surface area contributed by atoms with E-state index in [1.807, 2.05) is 42.5 Å². The Balaban J connectivity index is 1.37. The maximum Gasteiger partial charge on any atom is 0.275 e. The molecule has 1 aliphatic heterocycles. The van der Waals surface area contributed by atoms with Gasteiger partial charge in [-0.3, -0.25) is 4.79 Å². The normalized spacial score (nSPS) is 15.3. The molecule has 0 unspecified atom stereocenters. The number of halogens is 1. The van der Waals surface area contributed by atoms with Crippen molar-refractivity contribution in [2.24, 2.45) is 0 Å². The van der Waals surface area contributed by atoms with Crippen LogP contribution in [0.5, 0.6) is 5.75 Å². The Bertz CT molecular complexity index is 947. The number of carbonyl (C=O) groups excluding carboxylic acids is 1. The van der Waals surface area contributed by atoms with E-state index in [4.69, 9.17) is 16.3 Å². The number of benzene rings is 2. The molecule has 1 amide bonds. The number of para-hydroxylation sites is 1. The fourth-order valence-electron chi connectivity index (χ4n) is 3.24. The molecule has 0 aliphatic carbocycles. The summed E-state index contributed by atoms with van der Waals surface area (Å²) in [4.78, 5) is 14.3. The zero-order chi connectivity index (χ0) is 18.8. The van der Waals surface area contributed by atoms with Crippen molar-refractivity contribution in [3.63, 3.8) is 0 Å². The zero-order valence-corrected chi connectivity index (χ0v) is 15.6. The average Bonchev–Trinajstić information content (AvgIpc) is 3.27. The van der Waals surface area contributed by atoms with Gasteiger partial charge in [0.25, 0.3) is 5.91 Å². The largest absolute Gasteiger partial charge is 0.488 e. The molecule has 0 bridgehead atoms. The van der Waals surface area contributed by atoms with E-state index in [2.05, 4.69) is 16.4 Å². The third-order valence-corrected chi connectivity index (χ3v) is 4.76. The summed E-state index contributed by atoms with van der Waals surface area (Å²) in [5.74, 6) is 0.725. The zero-order valence-electron chi connectivity index (χ0n) is 14.9. The molecule has 1 aromatic heterocycles. The predicted molar refractivity (Wildman–Crippen MR) is 102 cm³/mol. The monoisotopic (exact) mass is 382 g/mol. The highest BCUT2D eigenvalue weighted by Crippen LogP contribution is 2.28. The predicted octanol–water partition coefficient (Wildman–Crippen LogP) is 3.06. The molecule has 6 nitrogen and oxygen atoms in total. The molecule has 0 N–H and O–H groups in total. The number of hydrogen-bond donors (Lipinski definition) is 0. The van der Waals surface area contributed by atoms with E-state index in [1.54, 1.807) is 22.8 Å². The van der Waals surface area contributed by atoms with E-state index >= 15 is 0 Å². The number of amides is 1. The van der Waals surface area contributed by atoms with Gasteiger partial charge in [0.1, 0.15) is 11.9 Å². The number of ether oxygens (including phenoxy) is 1. The van der Waals surface area contributed by atoms with Crippen LogP contribution < -0.4 is 4.74 Å². The third-order valence-electron chi connectivity index (χ3n) is 4.53. The lowest BCUT2D eigenvalue weighted by atomic mass is 10.1. The molecule has 138 valence electrons. The van der Waals surface area contributed by atoms with E-state index in [1.165, 1.54) is 5.56 Å². The van der Waals surface area contributed by atoms with E-state index < -0.39 is 0 Å². The summed E-state index contributed by atoms with van der Waals surface area (Å²) in [5.41, 5.74) is 2.49. The number of aromatic nitrogens is 3. The minimum Gasteiger partial charge on any atom is -0.488 e. The summed E-state index contributed by atoms with van der Waals surface area (Å²) < 4.78 is 7.54. The van der Waals surface area contributed by atoms with Crippen molar-refractivity contribution in [1.82, 2.24) is 19.9 Å². The molecule has 0 saturated carbocycles. The molecular weight excluding hydrogens is 364 g/mol. The molecule has 0 saturated heterocycles. The fraction of sp³-hybridized carbons (Fsp3) is 0.250. The highest BCUT2D eigenvalue weighted by molar-refractivity contribution is 6.30. The highest BCUT2D eigenvalue weighted by Gasteiger charge is 2.26. The second-order valence-corrected chi connectivity index (χ2v) is 7.11. The Hall–Kier alpha value is -2.86. The van der Waals surface area contributed by atoms with E-state index in [9.17, 15) is 4.79 Å². The molecule has 7 heteroatoms. The SMILES string of the molecule is CN(C[C@@H]1Cc2ccccc2O1)C(=O)c1cn(Cc2cccc(Cl)c2)nn1. The van der Waals surface area contributed by atoms with Gasteiger partial charge in [-0.15, -0.1) is 5.10 Å². The summed E-state index contributed by atoms with van der Waals surface area (Å²) in [6.07, 6.45) is 2.41. The van der Waals surface area contributed by atoms with Crippen LogP contribution in [0.2, 0.25) is 5.02 Å². The van der Waals surface area contributed by atoms with Crippen LogP contribution in [0.4, 0.5) is 0 Å². The Morgan fingerprint density at radius 2 is 2.15 bits per heavy atom. The van der Waals surface area contributed by atoms with Crippen LogP contribution in [0.1, 0.15) is 21.6 Å². The molecule has 4 rings (SSSR count). The van der Waals surface area contributed by atoms with Crippen molar-refractivity contribution in [3.05, 3.63) is 76.6 Å². The van der Waals surface area contributed by atoms with Crippen molar-refractivity contribution in [2.75, 3.05) is 13.6 Å². The van der Waals surface area contributed by atoms with E-state index in [-0.39, 0.29) is 12.0 Å². The lowest BCUT2D eigenvalue weighted by Gasteiger charge is -2.20. The first-order valence-electron chi connectivity index (χ1n) is 8.73. The van der Waals surface area contributed by atoms with Crippen molar-refractivity contribution in [2.45, 2.75) is 19.1 Å². The Morgan fingerprint density at radius 1 is 1.30 bits per heavy atom. The van der Waals surface area contributed by atoms with Gasteiger partial charge < -0.3 is 9.64 Å². The number of nitrogens with zero attached hydrogens (tertiary/aromatic N) is 4. The molecule has 0 spiro atoms. The minimum absolute atomic E-state index is 0.0437. The smallest absolute Gasteiger partial charge is 0.275 e. The van der Waals surface area contributed by atoms with Crippen LogP contribution >= 0.6 is 11.6 Å². The van der Waals surface area contributed by atoms with Gasteiger partial charge in [0, 0.05) is 18.5 Å². The van der Waals surface area contributed by atoms with Crippen LogP contribution in [-0.2, 0) is 13.0 Å². The summed E-state index contributed by atoms with van der Waals surface area (Å²) >= 11 is 6.00. The van der Waals surface area contributed by atoms with Crippen LogP contribution in [0.3, 0.4) is 0 Å². The topological polar surface area (TPSA) is 60.2 Å². The van der Waals surface area contributed by atoms with E-state index in [0.29, 0.717) is 23.8 Å². The van der Waals surface area contributed by atoms with Crippen LogP contribution in [0.25, 0.3) is 0 Å². The van der Waals surface area contributed by atoms with Crippen LogP contribution in [0.15, 0.2) is 54.7 Å². The second-order valence-electron chi connectivity index (χ2n) is 6.67. The first kappa shape index (κ1) is 17.5. The van der Waals surface area contributed by atoms with Gasteiger partial charge in [0.05, 0.1) is 19.3 Å². The Kier molecular flexibility index (Phi) is 4.81. The lowest BCUT2D eigenvalue weighted by Crippen LogP contribution is -2.36. The summed E-state index contributed by atoms with van der Waals surface area (Å²) in [6.45, 7) is 1.00. The first-order chi connectivity index (χ1) is 13.1. The number of carbonyl (C=O) groups is 1. The van der Waals surface area contributed by atoms with E-state index in [0.717, 1.165) is 17.7 Å². The van der Waals surface area contributed by atoms with Gasteiger partial charge >= 0.3 is 0 Å². The number of hydrogen-bond acceptors (Lipinski definition) is 4. The molecule has 0 fully saturated rings. The van der Waals surface area contributed by atoms with Gasteiger partial charge in [-0.05, 0) is 29.3 Å². The lowest BCUT2D eigenvalue weighted by molar-refractivity contribution is 0.0724. The van der Waals surface area contributed by atoms with Crippen molar-refractivity contribution in [3.8, 4) is 5.75 Å². The van der Waals surface area contributed by atoms with Gasteiger partial charge in [-0.2, -0.15) is 0 Å². The average molecular weight is 383 g/mol. The molecule has 1 aliphatic rings. The Morgan fingerprint density at radius 3 is 2.96 bits per heavy atom. The molecule has 27 heavy (non-hydrogen) atoms. The molecule has 3 aromatic rings. The summed E-state index contributed by atoms with van der Waals surface area (Å²) in [5, 5.41) is 8.74. The van der Waals surface area contributed by atoms with Crippen molar-refractivity contribution in [1.29, 1.82) is 0 Å². The quantitative estimate of drug-likeness (QED) is 0.680. The first-order valence-corrected chi connectivity index (χ1v) is 9.11. The highest BCUT2D eigenvalue weighted by atomic mass is 35.5. The molecule has 0 radical (unpaired) electrons. The summed E-state index contributed by atoms with van der Waals surface area (Å²) in [7, 11) is 1.75. The van der Waals surface area contributed by atoms with Crippen molar-refractivity contribution >= 4 is 17.5 Å². The molecule has 2 aromatic carbocycles. The second kappa shape index (κ2) is 7.40. The third kappa shape index (κ3) is 3.95.